The maximum Gasteiger partial charge on any atom is 0.336 e. The third kappa shape index (κ3) is 4.73. The van der Waals surface area contributed by atoms with Gasteiger partial charge in [-0.25, -0.2) is 4.79 Å². The van der Waals surface area contributed by atoms with Crippen molar-refractivity contribution in [3.8, 4) is 0 Å². The fraction of sp³-hybridized carbons (Fsp3) is 0.875. The second kappa shape index (κ2) is 8.94. The summed E-state index contributed by atoms with van der Waals surface area (Å²) in [6.07, 6.45) is -8.03. The molecular weight excluding hydrogens is 480 g/mol. The molecule has 2 unspecified atom stereocenters. The van der Waals surface area contributed by atoms with E-state index < -0.39 is 84.7 Å². The third-order valence-corrected chi connectivity index (χ3v) is 6.88. The van der Waals surface area contributed by atoms with E-state index in [9.17, 15) is 9.90 Å². The molecule has 0 radical (unpaired) electrons. The van der Waals surface area contributed by atoms with Crippen LogP contribution in [0.2, 0.25) is 0 Å². The van der Waals surface area contributed by atoms with Crippen molar-refractivity contribution in [1.82, 2.24) is 0 Å². The fourth-order valence-electron chi connectivity index (χ4n) is 5.37. The maximum absolute atomic E-state index is 13.2. The first-order chi connectivity index (χ1) is 16.7. The van der Waals surface area contributed by atoms with Crippen molar-refractivity contribution in [2.45, 2.75) is 120 Å². The molecule has 1 N–H and O–H groups in total. The lowest BCUT2D eigenvalue weighted by Gasteiger charge is -2.30. The van der Waals surface area contributed by atoms with Gasteiger partial charge >= 0.3 is 5.97 Å². The molecule has 0 aromatic rings. The predicted molar refractivity (Wildman–Crippen MR) is 118 cm³/mol. The minimum atomic E-state index is -1.44. The van der Waals surface area contributed by atoms with Crippen LogP contribution in [0.3, 0.4) is 0 Å². The van der Waals surface area contributed by atoms with Gasteiger partial charge in [-0.2, -0.15) is 0 Å². The summed E-state index contributed by atoms with van der Waals surface area (Å²) in [5, 5.41) is 11.1. The van der Waals surface area contributed by atoms with Crippen LogP contribution in [0.25, 0.3) is 0 Å². The highest BCUT2D eigenvalue weighted by atomic mass is 16.9. The quantitative estimate of drug-likeness (QED) is 0.395. The first-order valence-corrected chi connectivity index (χ1v) is 12.1. The van der Waals surface area contributed by atoms with Gasteiger partial charge in [0.2, 0.25) is 0 Å². The van der Waals surface area contributed by atoms with Gasteiger partial charge in [0.15, 0.2) is 42.1 Å². The Morgan fingerprint density at radius 1 is 0.889 bits per heavy atom. The zero-order valence-electron chi connectivity index (χ0n) is 21.6. The number of hydrogen-bond acceptors (Lipinski definition) is 12. The normalized spacial score (nSPS) is 44.8. The average Bonchev–Trinajstić information content (AvgIpc) is 3.53. The van der Waals surface area contributed by atoms with Gasteiger partial charge in [-0.1, -0.05) is 6.58 Å². The lowest BCUT2D eigenvalue weighted by Crippen LogP contribution is -2.46. The second-order valence-electron chi connectivity index (χ2n) is 11.0. The molecule has 5 aliphatic rings. The molecule has 0 spiro atoms. The highest BCUT2D eigenvalue weighted by Crippen LogP contribution is 2.43. The van der Waals surface area contributed by atoms with E-state index in [-0.39, 0.29) is 12.2 Å². The maximum atomic E-state index is 13.2. The van der Waals surface area contributed by atoms with Crippen LogP contribution in [0.1, 0.15) is 41.5 Å². The Bertz CT molecular complexity index is 886. The highest BCUT2D eigenvalue weighted by Gasteiger charge is 2.61. The Morgan fingerprint density at radius 2 is 1.53 bits per heavy atom. The van der Waals surface area contributed by atoms with Crippen molar-refractivity contribution in [2.24, 2.45) is 0 Å². The molecule has 10 atom stereocenters. The third-order valence-electron chi connectivity index (χ3n) is 6.88. The van der Waals surface area contributed by atoms with Crippen molar-refractivity contribution < 1.29 is 57.3 Å². The smallest absolute Gasteiger partial charge is 0.336 e. The van der Waals surface area contributed by atoms with E-state index in [0.29, 0.717) is 0 Å². The van der Waals surface area contributed by atoms with Crippen LogP contribution >= 0.6 is 0 Å². The molecule has 5 aliphatic heterocycles. The molecule has 0 aromatic heterocycles. The molecule has 0 saturated carbocycles. The van der Waals surface area contributed by atoms with Gasteiger partial charge in [-0.05, 0) is 41.5 Å². The van der Waals surface area contributed by atoms with Crippen LogP contribution in [0.5, 0.6) is 0 Å². The molecule has 5 saturated heterocycles. The monoisotopic (exact) mass is 516 g/mol. The number of esters is 1. The molecule has 0 aliphatic carbocycles. The van der Waals surface area contributed by atoms with Gasteiger partial charge in [0.1, 0.15) is 36.6 Å². The van der Waals surface area contributed by atoms with Crippen molar-refractivity contribution in [1.29, 1.82) is 0 Å². The predicted octanol–water partition coefficient (Wildman–Crippen LogP) is 0.735. The Kier molecular flexibility index (Phi) is 6.56. The number of carbonyl (C=O) groups is 1. The SMILES string of the molecule is C=C(C(=O)O[C@@H]1[C@H]2OC(C)(C)O[C@H]2O[C@@H]1[C@H]1COC(C)(C)O1)C(O)[C@@H]1OC(OC)[C@H]2OC(C)(C)O[C@H]21. The van der Waals surface area contributed by atoms with Crippen molar-refractivity contribution in [3.05, 3.63) is 12.2 Å². The van der Waals surface area contributed by atoms with E-state index in [1.807, 2.05) is 0 Å². The number of methoxy groups -OCH3 is 1. The molecule has 36 heavy (non-hydrogen) atoms. The first kappa shape index (κ1) is 26.4. The molecule has 12 nitrogen and oxygen atoms in total. The summed E-state index contributed by atoms with van der Waals surface area (Å²) in [5.41, 5.74) is -0.215. The lowest BCUT2D eigenvalue weighted by atomic mass is 10.00. The summed E-state index contributed by atoms with van der Waals surface area (Å²) < 4.78 is 58.3. The Hall–Kier alpha value is -1.19. The molecule has 0 amide bonds. The van der Waals surface area contributed by atoms with Crippen molar-refractivity contribution in [3.63, 3.8) is 0 Å². The number of aliphatic hydroxyl groups is 1. The molecule has 204 valence electrons. The lowest BCUT2D eigenvalue weighted by molar-refractivity contribution is -0.237. The van der Waals surface area contributed by atoms with Crippen molar-refractivity contribution >= 4 is 5.97 Å². The number of aliphatic hydroxyl groups excluding tert-OH is 1. The van der Waals surface area contributed by atoms with E-state index in [4.69, 9.17) is 47.4 Å². The summed E-state index contributed by atoms with van der Waals surface area (Å²) in [7, 11) is 1.46. The minimum absolute atomic E-state index is 0.215. The van der Waals surface area contributed by atoms with E-state index >= 15 is 0 Å². The molecule has 5 heterocycles. The van der Waals surface area contributed by atoms with Crippen LogP contribution in [0.4, 0.5) is 0 Å². The topological polar surface area (TPSA) is 130 Å². The number of fused-ring (bicyclic) bond motifs is 2. The Morgan fingerprint density at radius 3 is 2.17 bits per heavy atom. The van der Waals surface area contributed by atoms with Gasteiger partial charge in [-0.3, -0.25) is 0 Å². The zero-order chi connectivity index (χ0) is 26.2. The van der Waals surface area contributed by atoms with E-state index in [1.165, 1.54) is 7.11 Å². The van der Waals surface area contributed by atoms with E-state index in [1.54, 1.807) is 41.5 Å². The molecule has 12 heteroatoms. The molecule has 5 fully saturated rings. The second-order valence-corrected chi connectivity index (χ2v) is 11.0. The largest absolute Gasteiger partial charge is 0.453 e. The summed E-state index contributed by atoms with van der Waals surface area (Å²) in [5.74, 6) is -3.48. The minimum Gasteiger partial charge on any atom is -0.453 e. The number of ether oxygens (including phenoxy) is 10. The van der Waals surface area contributed by atoms with Crippen LogP contribution in [0.15, 0.2) is 12.2 Å². The van der Waals surface area contributed by atoms with Crippen LogP contribution < -0.4 is 0 Å². The average molecular weight is 517 g/mol. The summed E-state index contributed by atoms with van der Waals surface area (Å²) in [6, 6.07) is 0. The fourth-order valence-corrected chi connectivity index (χ4v) is 5.37. The van der Waals surface area contributed by atoms with Gasteiger partial charge in [-0.15, -0.1) is 0 Å². The van der Waals surface area contributed by atoms with E-state index in [0.717, 1.165) is 0 Å². The summed E-state index contributed by atoms with van der Waals surface area (Å²) in [4.78, 5) is 13.2. The van der Waals surface area contributed by atoms with Gasteiger partial charge in [0.05, 0.1) is 12.2 Å². The molecular formula is C24H36O12. The number of rotatable bonds is 6. The molecule has 0 bridgehead atoms. The summed E-state index contributed by atoms with van der Waals surface area (Å²) in [6.45, 7) is 14.6. The molecule has 0 aromatic carbocycles. The summed E-state index contributed by atoms with van der Waals surface area (Å²) >= 11 is 0. The number of hydrogen-bond donors (Lipinski definition) is 1. The van der Waals surface area contributed by atoms with Gasteiger partial charge in [0.25, 0.3) is 0 Å². The van der Waals surface area contributed by atoms with Crippen LogP contribution in [-0.2, 0) is 52.2 Å². The van der Waals surface area contributed by atoms with Crippen molar-refractivity contribution in [2.75, 3.05) is 13.7 Å². The Balaban J connectivity index is 1.30. The standard InChI is InChI=1S/C24H36O12/c1-10(12(25)14-16-18(20(27-8)31-14)35-23(4,5)33-16)19(26)29-15-13(11-9-28-22(2,3)32-11)30-21-17(15)34-24(6,7)36-21/h11-18,20-21,25H,1,9H2,2-8H3/t11-,12?,13-,14+,15+,16+,17-,18+,20?,21-/m1/s1. The zero-order valence-corrected chi connectivity index (χ0v) is 21.6. The number of carbonyl (C=O) groups excluding carboxylic acids is 1. The van der Waals surface area contributed by atoms with Gasteiger partial charge < -0.3 is 52.5 Å². The van der Waals surface area contributed by atoms with Crippen LogP contribution in [0, 0.1) is 0 Å². The van der Waals surface area contributed by atoms with Gasteiger partial charge in [0, 0.05) is 7.11 Å². The molecule has 5 rings (SSSR count). The first-order valence-electron chi connectivity index (χ1n) is 12.1. The van der Waals surface area contributed by atoms with Crippen LogP contribution in [-0.4, -0.2) is 104 Å². The van der Waals surface area contributed by atoms with E-state index in [2.05, 4.69) is 6.58 Å². The highest BCUT2D eigenvalue weighted by molar-refractivity contribution is 5.89. The Labute approximate surface area is 210 Å².